The summed E-state index contributed by atoms with van der Waals surface area (Å²) in [5.41, 5.74) is 2.18. The van der Waals surface area contributed by atoms with Gasteiger partial charge in [-0.1, -0.05) is 0 Å². The lowest BCUT2D eigenvalue weighted by atomic mass is 10.2. The Hall–Kier alpha value is -2.93. The maximum Gasteiger partial charge on any atom is 0.275 e. The van der Waals surface area contributed by atoms with Gasteiger partial charge in [-0.05, 0) is 30.3 Å². The van der Waals surface area contributed by atoms with Gasteiger partial charge in [-0.25, -0.2) is 9.97 Å². The summed E-state index contributed by atoms with van der Waals surface area (Å²) in [5, 5.41) is 10.3. The molecule has 0 atom stereocenters. The van der Waals surface area contributed by atoms with Gasteiger partial charge in [-0.3, -0.25) is 9.36 Å². The molecule has 0 aliphatic heterocycles. The number of thiophene rings is 1. The molecule has 1 aromatic carbocycles. The number of fused-ring (bicyclic) bond motifs is 3. The van der Waals surface area contributed by atoms with E-state index >= 15 is 0 Å². The summed E-state index contributed by atoms with van der Waals surface area (Å²) in [4.78, 5) is 24.6. The van der Waals surface area contributed by atoms with E-state index in [1.165, 1.54) is 22.2 Å². The van der Waals surface area contributed by atoms with Crippen LogP contribution in [0.25, 0.3) is 26.1 Å². The number of anilines is 1. The van der Waals surface area contributed by atoms with E-state index in [-0.39, 0.29) is 11.3 Å². The van der Waals surface area contributed by atoms with Crippen LogP contribution in [0.3, 0.4) is 0 Å². The summed E-state index contributed by atoms with van der Waals surface area (Å²) in [7, 11) is 3.91. The van der Waals surface area contributed by atoms with Gasteiger partial charge in [0.05, 0.1) is 22.3 Å². The molecule has 4 rings (SSSR count). The Bertz CT molecular complexity index is 1110. The van der Waals surface area contributed by atoms with Gasteiger partial charge in [0.25, 0.3) is 5.56 Å². The zero-order valence-electron chi connectivity index (χ0n) is 13.1. The minimum Gasteiger partial charge on any atom is -0.508 e. The number of aromatic hydroxyl groups is 1. The number of phenolic OH excluding ortho intramolecular Hbond substituents is 1. The maximum absolute atomic E-state index is 12.9. The minimum atomic E-state index is -0.140. The topological polar surface area (TPSA) is 71.2 Å². The van der Waals surface area contributed by atoms with E-state index in [0.29, 0.717) is 15.9 Å². The molecule has 4 aromatic rings. The number of phenols is 1. The molecule has 0 saturated heterocycles. The van der Waals surface area contributed by atoms with Crippen LogP contribution in [0.1, 0.15) is 0 Å². The first-order chi connectivity index (χ1) is 11.6. The summed E-state index contributed by atoms with van der Waals surface area (Å²) >= 11 is 1.35. The standard InChI is InChI=1S/C17H14N4O2S/c1-20(2)12-7-8-18-16-13(12)14-15(24-16)17(23)21(9-19-14)10-3-5-11(22)6-4-10/h3-9,22H,1-2H3. The lowest BCUT2D eigenvalue weighted by Gasteiger charge is -2.13. The Labute approximate surface area is 141 Å². The summed E-state index contributed by atoms with van der Waals surface area (Å²) < 4.78 is 2.05. The first-order valence-electron chi connectivity index (χ1n) is 7.32. The van der Waals surface area contributed by atoms with Crippen molar-refractivity contribution in [2.24, 2.45) is 0 Å². The van der Waals surface area contributed by atoms with Crippen LogP contribution < -0.4 is 10.5 Å². The molecule has 3 aromatic heterocycles. The fourth-order valence-corrected chi connectivity index (χ4v) is 3.75. The average molecular weight is 338 g/mol. The molecule has 0 spiro atoms. The van der Waals surface area contributed by atoms with Crippen molar-refractivity contribution in [3.63, 3.8) is 0 Å². The molecule has 0 aliphatic rings. The number of hydrogen-bond acceptors (Lipinski definition) is 6. The molecule has 0 radical (unpaired) electrons. The van der Waals surface area contributed by atoms with Gasteiger partial charge in [0, 0.05) is 20.3 Å². The highest BCUT2D eigenvalue weighted by Crippen LogP contribution is 2.35. The summed E-state index contributed by atoms with van der Waals surface area (Å²) in [5.74, 6) is 0.155. The van der Waals surface area contributed by atoms with Crippen molar-refractivity contribution < 1.29 is 5.11 Å². The quantitative estimate of drug-likeness (QED) is 0.608. The Balaban J connectivity index is 2.04. The molecule has 0 aliphatic carbocycles. The third kappa shape index (κ3) is 2.13. The summed E-state index contributed by atoms with van der Waals surface area (Å²) in [6.07, 6.45) is 3.27. The number of nitrogens with zero attached hydrogens (tertiary/aromatic N) is 4. The molecule has 0 saturated carbocycles. The molecule has 0 fully saturated rings. The van der Waals surface area contributed by atoms with Crippen LogP contribution >= 0.6 is 11.3 Å². The predicted molar refractivity (Wildman–Crippen MR) is 96.5 cm³/mol. The van der Waals surface area contributed by atoms with E-state index < -0.39 is 0 Å². The van der Waals surface area contributed by atoms with Gasteiger partial charge in [-0.15, -0.1) is 11.3 Å². The summed E-state index contributed by atoms with van der Waals surface area (Å²) in [6, 6.07) is 8.37. The highest BCUT2D eigenvalue weighted by Gasteiger charge is 2.16. The van der Waals surface area contributed by atoms with Crippen LogP contribution in [0, 0.1) is 0 Å². The van der Waals surface area contributed by atoms with Crippen LogP contribution in [0.5, 0.6) is 5.75 Å². The lowest BCUT2D eigenvalue weighted by Crippen LogP contribution is -2.17. The molecule has 3 heterocycles. The van der Waals surface area contributed by atoms with E-state index in [1.807, 2.05) is 25.1 Å². The zero-order valence-corrected chi connectivity index (χ0v) is 13.9. The molecule has 120 valence electrons. The van der Waals surface area contributed by atoms with Crippen molar-refractivity contribution in [3.05, 3.63) is 53.2 Å². The van der Waals surface area contributed by atoms with Gasteiger partial charge in [0.2, 0.25) is 0 Å². The molecule has 0 unspecified atom stereocenters. The zero-order chi connectivity index (χ0) is 16.8. The Kier molecular flexibility index (Phi) is 3.24. The Morgan fingerprint density at radius 2 is 1.88 bits per heavy atom. The highest BCUT2D eigenvalue weighted by molar-refractivity contribution is 7.25. The lowest BCUT2D eigenvalue weighted by molar-refractivity contribution is 0.475. The van der Waals surface area contributed by atoms with Crippen LogP contribution in [0.4, 0.5) is 5.69 Å². The van der Waals surface area contributed by atoms with Crippen molar-refractivity contribution in [1.82, 2.24) is 14.5 Å². The van der Waals surface area contributed by atoms with Crippen LogP contribution in [-0.4, -0.2) is 33.7 Å². The van der Waals surface area contributed by atoms with E-state index in [1.54, 1.807) is 30.5 Å². The van der Waals surface area contributed by atoms with Gasteiger partial charge < -0.3 is 10.0 Å². The summed E-state index contributed by atoms with van der Waals surface area (Å²) in [6.45, 7) is 0. The smallest absolute Gasteiger partial charge is 0.275 e. The second-order valence-electron chi connectivity index (χ2n) is 5.62. The largest absolute Gasteiger partial charge is 0.508 e. The number of aromatic nitrogens is 3. The van der Waals surface area contributed by atoms with Crippen molar-refractivity contribution in [3.8, 4) is 11.4 Å². The van der Waals surface area contributed by atoms with Crippen molar-refractivity contribution in [2.75, 3.05) is 19.0 Å². The van der Waals surface area contributed by atoms with Crippen LogP contribution in [0.2, 0.25) is 0 Å². The number of pyridine rings is 1. The van der Waals surface area contributed by atoms with E-state index in [0.717, 1.165) is 15.9 Å². The Morgan fingerprint density at radius 3 is 2.58 bits per heavy atom. The fourth-order valence-electron chi connectivity index (χ4n) is 2.71. The second-order valence-corrected chi connectivity index (χ2v) is 6.62. The van der Waals surface area contributed by atoms with E-state index in [9.17, 15) is 9.90 Å². The maximum atomic E-state index is 12.9. The average Bonchev–Trinajstić information content (AvgIpc) is 2.96. The molecule has 0 bridgehead atoms. The number of rotatable bonds is 2. The highest BCUT2D eigenvalue weighted by atomic mass is 32.1. The van der Waals surface area contributed by atoms with E-state index in [4.69, 9.17) is 0 Å². The molecule has 24 heavy (non-hydrogen) atoms. The minimum absolute atomic E-state index is 0.140. The first kappa shape index (κ1) is 14.6. The number of benzene rings is 1. The molecular formula is C17H14N4O2S. The second kappa shape index (κ2) is 5.31. The molecular weight excluding hydrogens is 324 g/mol. The van der Waals surface area contributed by atoms with Crippen LogP contribution in [0.15, 0.2) is 47.7 Å². The molecule has 6 nitrogen and oxygen atoms in total. The van der Waals surface area contributed by atoms with Gasteiger partial charge >= 0.3 is 0 Å². The Morgan fingerprint density at radius 1 is 1.12 bits per heavy atom. The third-order valence-corrected chi connectivity index (χ3v) is 4.94. The third-order valence-electron chi connectivity index (χ3n) is 3.87. The van der Waals surface area contributed by atoms with Crippen molar-refractivity contribution >= 4 is 37.5 Å². The molecule has 1 N–H and O–H groups in total. The fraction of sp³-hybridized carbons (Fsp3) is 0.118. The molecule has 7 heteroatoms. The first-order valence-corrected chi connectivity index (χ1v) is 8.13. The SMILES string of the molecule is CN(C)c1ccnc2sc3c(=O)n(-c4ccc(O)cc4)cnc3c12. The predicted octanol–water partition coefficient (Wildman–Crippen LogP) is 2.77. The monoisotopic (exact) mass is 338 g/mol. The van der Waals surface area contributed by atoms with E-state index in [2.05, 4.69) is 9.97 Å². The normalized spacial score (nSPS) is 11.2. The van der Waals surface area contributed by atoms with Crippen LogP contribution in [-0.2, 0) is 0 Å². The van der Waals surface area contributed by atoms with Gasteiger partial charge in [0.15, 0.2) is 0 Å². The van der Waals surface area contributed by atoms with Crippen molar-refractivity contribution in [1.29, 1.82) is 0 Å². The number of hydrogen-bond donors (Lipinski definition) is 1. The van der Waals surface area contributed by atoms with Crippen molar-refractivity contribution in [2.45, 2.75) is 0 Å². The molecule has 0 amide bonds. The van der Waals surface area contributed by atoms with Gasteiger partial charge in [0.1, 0.15) is 21.6 Å². The van der Waals surface area contributed by atoms with Gasteiger partial charge in [-0.2, -0.15) is 0 Å².